The Balaban J connectivity index is 1.82. The van der Waals surface area contributed by atoms with Crippen molar-refractivity contribution < 1.29 is 0 Å². The molecule has 2 aromatic carbocycles. The van der Waals surface area contributed by atoms with E-state index in [9.17, 15) is 9.59 Å². The van der Waals surface area contributed by atoms with E-state index in [0.29, 0.717) is 46.7 Å². The Morgan fingerprint density at radius 1 is 0.969 bits per heavy atom. The van der Waals surface area contributed by atoms with Crippen LogP contribution in [0.1, 0.15) is 17.0 Å². The zero-order valence-electron chi connectivity index (χ0n) is 18.0. The van der Waals surface area contributed by atoms with Crippen molar-refractivity contribution in [2.24, 2.45) is 14.1 Å². The summed E-state index contributed by atoms with van der Waals surface area (Å²) in [6.45, 7) is 1.52. The minimum Gasteiger partial charge on any atom is -0.316 e. The molecule has 4 rings (SSSR count). The lowest BCUT2D eigenvalue weighted by Crippen LogP contribution is -2.37. The van der Waals surface area contributed by atoms with Crippen molar-refractivity contribution in [2.45, 2.75) is 19.6 Å². The van der Waals surface area contributed by atoms with E-state index in [-0.39, 0.29) is 0 Å². The van der Waals surface area contributed by atoms with Crippen LogP contribution in [0.4, 0.5) is 0 Å². The van der Waals surface area contributed by atoms with Gasteiger partial charge in [-0.05, 0) is 30.3 Å². The van der Waals surface area contributed by atoms with Gasteiger partial charge in [0.1, 0.15) is 5.82 Å². The van der Waals surface area contributed by atoms with Gasteiger partial charge in [-0.3, -0.25) is 18.8 Å². The highest BCUT2D eigenvalue weighted by Crippen LogP contribution is 2.24. The number of aryl methyl sites for hydroxylation is 1. The zero-order chi connectivity index (χ0) is 23.0. The van der Waals surface area contributed by atoms with Crippen molar-refractivity contribution in [3.8, 4) is 0 Å². The second-order valence-electron chi connectivity index (χ2n) is 7.89. The summed E-state index contributed by atoms with van der Waals surface area (Å²) in [7, 11) is 5.08. The molecule has 0 aliphatic heterocycles. The summed E-state index contributed by atoms with van der Waals surface area (Å²) in [5.41, 5.74) is 1.88. The first-order chi connectivity index (χ1) is 15.3. The summed E-state index contributed by atoms with van der Waals surface area (Å²) in [5, 5.41) is 1.04. The summed E-state index contributed by atoms with van der Waals surface area (Å²) < 4.78 is 4.34. The van der Waals surface area contributed by atoms with Gasteiger partial charge < -0.3 is 4.57 Å². The van der Waals surface area contributed by atoms with Gasteiger partial charge in [0.2, 0.25) is 0 Å². The average Bonchev–Trinajstić information content (AvgIpc) is 3.11. The molecule has 0 amide bonds. The fraction of sp³-hybridized carbons (Fsp3) is 0.261. The molecule has 0 saturated heterocycles. The summed E-state index contributed by atoms with van der Waals surface area (Å²) >= 11 is 12.5. The second kappa shape index (κ2) is 8.94. The average molecular weight is 472 g/mol. The van der Waals surface area contributed by atoms with Crippen molar-refractivity contribution >= 4 is 34.4 Å². The number of hydrogen-bond acceptors (Lipinski definition) is 4. The first-order valence-electron chi connectivity index (χ1n) is 10.1. The molecule has 0 unspecified atom stereocenters. The number of rotatable bonds is 6. The van der Waals surface area contributed by atoms with Crippen LogP contribution in [-0.4, -0.2) is 30.6 Å². The Bertz CT molecular complexity index is 1410. The monoisotopic (exact) mass is 471 g/mol. The van der Waals surface area contributed by atoms with E-state index in [0.717, 1.165) is 10.1 Å². The lowest BCUT2D eigenvalue weighted by Gasteiger charge is -2.18. The largest absolute Gasteiger partial charge is 0.332 e. The van der Waals surface area contributed by atoms with Crippen LogP contribution in [0, 0.1) is 0 Å². The fourth-order valence-electron chi connectivity index (χ4n) is 3.80. The summed E-state index contributed by atoms with van der Waals surface area (Å²) in [4.78, 5) is 32.3. The molecule has 0 aliphatic rings. The molecule has 0 fully saturated rings. The van der Waals surface area contributed by atoms with E-state index in [1.165, 1.54) is 17.2 Å². The SMILES string of the molecule is CN(Cc1ccccc1)Cc1nc2c(c(=O)n(C)c(=O)n2C)n1Cc1ccc(Cl)cc1Cl. The number of benzene rings is 2. The molecular formula is C23H23Cl2N5O2. The summed E-state index contributed by atoms with van der Waals surface area (Å²) in [5.74, 6) is 0.669. The maximum atomic E-state index is 13.1. The minimum atomic E-state index is -0.416. The molecular weight excluding hydrogens is 449 g/mol. The van der Waals surface area contributed by atoms with Gasteiger partial charge in [0, 0.05) is 30.7 Å². The smallest absolute Gasteiger partial charge is 0.316 e. The van der Waals surface area contributed by atoms with Gasteiger partial charge in [-0.15, -0.1) is 0 Å². The third kappa shape index (κ3) is 4.24. The van der Waals surface area contributed by atoms with Crippen LogP contribution >= 0.6 is 23.2 Å². The Morgan fingerprint density at radius 2 is 1.69 bits per heavy atom. The summed E-state index contributed by atoms with van der Waals surface area (Å²) in [6.07, 6.45) is 0. The quantitative estimate of drug-likeness (QED) is 0.432. The molecule has 0 N–H and O–H groups in total. The number of aromatic nitrogens is 4. The first kappa shape index (κ1) is 22.3. The second-order valence-corrected chi connectivity index (χ2v) is 8.73. The lowest BCUT2D eigenvalue weighted by atomic mass is 10.2. The molecule has 0 radical (unpaired) electrons. The molecule has 0 atom stereocenters. The van der Waals surface area contributed by atoms with Gasteiger partial charge in [-0.25, -0.2) is 9.78 Å². The van der Waals surface area contributed by atoms with E-state index >= 15 is 0 Å². The van der Waals surface area contributed by atoms with Gasteiger partial charge in [0.25, 0.3) is 5.56 Å². The molecule has 2 aromatic heterocycles. The molecule has 166 valence electrons. The maximum absolute atomic E-state index is 13.1. The standard InChI is InChI=1S/C23H23Cl2N5O2/c1-27(12-15-7-5-4-6-8-15)14-19-26-21-20(22(31)29(3)23(32)28(21)2)30(19)13-16-9-10-17(24)11-18(16)25/h4-11H,12-14H2,1-3H3. The van der Waals surface area contributed by atoms with E-state index < -0.39 is 11.2 Å². The Labute approximate surface area is 195 Å². The number of hydrogen-bond donors (Lipinski definition) is 0. The third-order valence-corrected chi connectivity index (χ3v) is 6.06. The molecule has 2 heterocycles. The Morgan fingerprint density at radius 3 is 2.38 bits per heavy atom. The number of nitrogens with zero attached hydrogens (tertiary/aromatic N) is 5. The van der Waals surface area contributed by atoms with Crippen LogP contribution in [-0.2, 0) is 33.7 Å². The highest BCUT2D eigenvalue weighted by atomic mass is 35.5. The van der Waals surface area contributed by atoms with Gasteiger partial charge in [-0.2, -0.15) is 0 Å². The van der Waals surface area contributed by atoms with Crippen molar-refractivity contribution in [1.82, 2.24) is 23.6 Å². The predicted octanol–water partition coefficient (Wildman–Crippen LogP) is 3.42. The molecule has 0 bridgehead atoms. The predicted molar refractivity (Wildman–Crippen MR) is 127 cm³/mol. The Kier molecular flexibility index (Phi) is 6.24. The van der Waals surface area contributed by atoms with Gasteiger partial charge in [-0.1, -0.05) is 59.6 Å². The highest BCUT2D eigenvalue weighted by molar-refractivity contribution is 6.35. The lowest BCUT2D eigenvalue weighted by molar-refractivity contribution is 0.306. The maximum Gasteiger partial charge on any atom is 0.332 e. The van der Waals surface area contributed by atoms with Crippen LogP contribution in [0.25, 0.3) is 11.2 Å². The van der Waals surface area contributed by atoms with Crippen molar-refractivity contribution in [3.05, 3.63) is 96.4 Å². The third-order valence-electron chi connectivity index (χ3n) is 5.48. The van der Waals surface area contributed by atoms with Gasteiger partial charge >= 0.3 is 5.69 Å². The minimum absolute atomic E-state index is 0.328. The van der Waals surface area contributed by atoms with Crippen LogP contribution in [0.15, 0.2) is 58.1 Å². The normalized spacial score (nSPS) is 11.6. The molecule has 32 heavy (non-hydrogen) atoms. The molecule has 0 spiro atoms. The molecule has 0 saturated carbocycles. The van der Waals surface area contributed by atoms with Crippen LogP contribution < -0.4 is 11.2 Å². The highest BCUT2D eigenvalue weighted by Gasteiger charge is 2.21. The van der Waals surface area contributed by atoms with Gasteiger partial charge in [0.05, 0.1) is 13.1 Å². The molecule has 4 aromatic rings. The van der Waals surface area contributed by atoms with E-state index in [1.807, 2.05) is 35.9 Å². The van der Waals surface area contributed by atoms with E-state index in [4.69, 9.17) is 28.2 Å². The number of halogens is 2. The Hall–Kier alpha value is -2.87. The molecule has 7 nitrogen and oxygen atoms in total. The topological polar surface area (TPSA) is 65.1 Å². The van der Waals surface area contributed by atoms with Crippen LogP contribution in [0.3, 0.4) is 0 Å². The molecule has 0 aliphatic carbocycles. The van der Waals surface area contributed by atoms with Crippen LogP contribution in [0.5, 0.6) is 0 Å². The van der Waals surface area contributed by atoms with E-state index in [1.54, 1.807) is 19.2 Å². The number of imidazole rings is 1. The van der Waals surface area contributed by atoms with Crippen LogP contribution in [0.2, 0.25) is 10.0 Å². The zero-order valence-corrected chi connectivity index (χ0v) is 19.6. The van der Waals surface area contributed by atoms with Gasteiger partial charge in [0.15, 0.2) is 11.2 Å². The van der Waals surface area contributed by atoms with Crippen molar-refractivity contribution in [2.75, 3.05) is 7.05 Å². The summed E-state index contributed by atoms with van der Waals surface area (Å²) in [6, 6.07) is 15.4. The number of fused-ring (bicyclic) bond motifs is 1. The van der Waals surface area contributed by atoms with Crippen molar-refractivity contribution in [3.63, 3.8) is 0 Å². The van der Waals surface area contributed by atoms with Crippen molar-refractivity contribution in [1.29, 1.82) is 0 Å². The first-order valence-corrected chi connectivity index (χ1v) is 10.8. The van der Waals surface area contributed by atoms with E-state index in [2.05, 4.69) is 17.0 Å². The molecule has 9 heteroatoms. The fourth-order valence-corrected chi connectivity index (χ4v) is 4.26.